The van der Waals surface area contributed by atoms with Crippen LogP contribution in [0.1, 0.15) is 30.1 Å². The molecule has 1 fully saturated rings. The molecule has 0 amide bonds. The molecular formula is C14H17N3. The molecule has 0 atom stereocenters. The van der Waals surface area contributed by atoms with Gasteiger partial charge >= 0.3 is 0 Å². The molecule has 1 aromatic carbocycles. The van der Waals surface area contributed by atoms with Crippen LogP contribution in [0.4, 0.5) is 11.6 Å². The van der Waals surface area contributed by atoms with E-state index in [1.807, 2.05) is 6.92 Å². The van der Waals surface area contributed by atoms with E-state index in [9.17, 15) is 0 Å². The third-order valence-corrected chi connectivity index (χ3v) is 3.10. The third kappa shape index (κ3) is 2.18. The first-order valence-electron chi connectivity index (χ1n) is 6.11. The summed E-state index contributed by atoms with van der Waals surface area (Å²) in [7, 11) is 0. The van der Waals surface area contributed by atoms with E-state index < -0.39 is 0 Å². The summed E-state index contributed by atoms with van der Waals surface area (Å²) in [4.78, 5) is 4.54. The average Bonchev–Trinajstić information content (AvgIpc) is 3.07. The van der Waals surface area contributed by atoms with E-state index in [-0.39, 0.29) is 0 Å². The molecule has 1 heterocycles. The van der Waals surface area contributed by atoms with Gasteiger partial charge in [-0.05, 0) is 38.8 Å². The standard InChI is InChI=1S/C14H17N3/c1-10-3-5-12(6-4-10)16-14-15-11(2)9-17(14)13-7-8-13/h3-6,9,13H,7-8H2,1-2H3,(H,15,16). The highest BCUT2D eigenvalue weighted by Gasteiger charge is 2.26. The van der Waals surface area contributed by atoms with Gasteiger partial charge in [-0.3, -0.25) is 0 Å². The van der Waals surface area contributed by atoms with Crippen molar-refractivity contribution in [3.8, 4) is 0 Å². The maximum atomic E-state index is 4.54. The molecule has 3 rings (SSSR count). The van der Waals surface area contributed by atoms with Gasteiger partial charge in [-0.25, -0.2) is 4.98 Å². The fourth-order valence-electron chi connectivity index (χ4n) is 2.01. The normalized spacial score (nSPS) is 14.9. The van der Waals surface area contributed by atoms with Crippen LogP contribution in [0.2, 0.25) is 0 Å². The largest absolute Gasteiger partial charge is 0.326 e. The number of hydrogen-bond acceptors (Lipinski definition) is 2. The van der Waals surface area contributed by atoms with E-state index in [1.165, 1.54) is 18.4 Å². The molecule has 1 N–H and O–H groups in total. The van der Waals surface area contributed by atoms with Crippen LogP contribution in [-0.4, -0.2) is 9.55 Å². The van der Waals surface area contributed by atoms with Gasteiger partial charge in [-0.1, -0.05) is 17.7 Å². The Morgan fingerprint density at radius 2 is 1.88 bits per heavy atom. The van der Waals surface area contributed by atoms with Crippen LogP contribution < -0.4 is 5.32 Å². The van der Waals surface area contributed by atoms with Gasteiger partial charge in [0.1, 0.15) is 0 Å². The lowest BCUT2D eigenvalue weighted by molar-refractivity contribution is 0.750. The Bertz CT molecular complexity index is 521. The zero-order valence-electron chi connectivity index (χ0n) is 10.3. The lowest BCUT2D eigenvalue weighted by atomic mass is 10.2. The maximum absolute atomic E-state index is 4.54. The van der Waals surface area contributed by atoms with Crippen LogP contribution in [0.15, 0.2) is 30.5 Å². The predicted molar refractivity (Wildman–Crippen MR) is 69.7 cm³/mol. The second-order valence-electron chi connectivity index (χ2n) is 4.84. The second kappa shape index (κ2) is 3.91. The lowest BCUT2D eigenvalue weighted by Crippen LogP contribution is -2.01. The minimum Gasteiger partial charge on any atom is -0.326 e. The Morgan fingerprint density at radius 3 is 2.53 bits per heavy atom. The lowest BCUT2D eigenvalue weighted by Gasteiger charge is -2.08. The summed E-state index contributed by atoms with van der Waals surface area (Å²) in [6.07, 6.45) is 4.69. The molecule has 1 aromatic heterocycles. The van der Waals surface area contributed by atoms with E-state index in [1.54, 1.807) is 0 Å². The molecule has 0 bridgehead atoms. The monoisotopic (exact) mass is 227 g/mol. The number of anilines is 2. The van der Waals surface area contributed by atoms with E-state index in [2.05, 4.69) is 52.3 Å². The summed E-state index contributed by atoms with van der Waals surface area (Å²) in [5.74, 6) is 0.967. The highest BCUT2D eigenvalue weighted by Crippen LogP contribution is 2.37. The summed E-state index contributed by atoms with van der Waals surface area (Å²) in [5.41, 5.74) is 3.45. The fraction of sp³-hybridized carbons (Fsp3) is 0.357. The molecule has 17 heavy (non-hydrogen) atoms. The van der Waals surface area contributed by atoms with Gasteiger partial charge in [0.25, 0.3) is 0 Å². The van der Waals surface area contributed by atoms with Crippen molar-refractivity contribution in [2.75, 3.05) is 5.32 Å². The first-order chi connectivity index (χ1) is 8.22. The number of aromatic nitrogens is 2. The van der Waals surface area contributed by atoms with Crippen molar-refractivity contribution in [3.63, 3.8) is 0 Å². The van der Waals surface area contributed by atoms with E-state index >= 15 is 0 Å². The van der Waals surface area contributed by atoms with Gasteiger partial charge in [0.15, 0.2) is 0 Å². The van der Waals surface area contributed by atoms with Crippen LogP contribution in [0.3, 0.4) is 0 Å². The van der Waals surface area contributed by atoms with Gasteiger partial charge in [0.05, 0.1) is 5.69 Å². The molecule has 0 spiro atoms. The van der Waals surface area contributed by atoms with Crippen molar-refractivity contribution < 1.29 is 0 Å². The topological polar surface area (TPSA) is 29.9 Å². The minimum absolute atomic E-state index is 0.657. The predicted octanol–water partition coefficient (Wildman–Crippen LogP) is 3.58. The molecule has 2 aromatic rings. The molecule has 1 saturated carbocycles. The molecule has 0 unspecified atom stereocenters. The summed E-state index contributed by atoms with van der Waals surface area (Å²) in [6.45, 7) is 4.14. The smallest absolute Gasteiger partial charge is 0.207 e. The van der Waals surface area contributed by atoms with Crippen molar-refractivity contribution in [1.29, 1.82) is 0 Å². The van der Waals surface area contributed by atoms with Gasteiger partial charge < -0.3 is 9.88 Å². The number of rotatable bonds is 3. The maximum Gasteiger partial charge on any atom is 0.207 e. The Hall–Kier alpha value is -1.77. The van der Waals surface area contributed by atoms with Crippen LogP contribution in [0, 0.1) is 13.8 Å². The van der Waals surface area contributed by atoms with Crippen LogP contribution in [-0.2, 0) is 0 Å². The first kappa shape index (κ1) is 10.4. The van der Waals surface area contributed by atoms with Gasteiger partial charge in [-0.2, -0.15) is 0 Å². The first-order valence-corrected chi connectivity index (χ1v) is 6.11. The number of benzene rings is 1. The van der Waals surface area contributed by atoms with Crippen LogP contribution in [0.5, 0.6) is 0 Å². The molecule has 3 nitrogen and oxygen atoms in total. The zero-order chi connectivity index (χ0) is 11.8. The summed E-state index contributed by atoms with van der Waals surface area (Å²) in [5, 5.41) is 3.39. The van der Waals surface area contributed by atoms with Crippen molar-refractivity contribution >= 4 is 11.6 Å². The van der Waals surface area contributed by atoms with E-state index in [0.717, 1.165) is 17.3 Å². The SMILES string of the molecule is Cc1ccc(Nc2nc(C)cn2C2CC2)cc1. The number of aryl methyl sites for hydroxylation is 2. The van der Waals surface area contributed by atoms with Crippen molar-refractivity contribution in [2.45, 2.75) is 32.7 Å². The van der Waals surface area contributed by atoms with E-state index in [0.29, 0.717) is 6.04 Å². The summed E-state index contributed by atoms with van der Waals surface area (Å²) in [6, 6.07) is 9.07. The Balaban J connectivity index is 1.86. The highest BCUT2D eigenvalue weighted by atomic mass is 15.2. The van der Waals surface area contributed by atoms with Gasteiger partial charge in [-0.15, -0.1) is 0 Å². The van der Waals surface area contributed by atoms with E-state index in [4.69, 9.17) is 0 Å². The molecule has 1 aliphatic rings. The Labute approximate surface area is 101 Å². The van der Waals surface area contributed by atoms with Crippen LogP contribution >= 0.6 is 0 Å². The number of imidazole rings is 1. The number of nitrogens with one attached hydrogen (secondary N) is 1. The summed E-state index contributed by atoms with van der Waals surface area (Å²) >= 11 is 0. The minimum atomic E-state index is 0.657. The third-order valence-electron chi connectivity index (χ3n) is 3.10. The number of hydrogen-bond donors (Lipinski definition) is 1. The molecule has 0 aliphatic heterocycles. The average molecular weight is 227 g/mol. The Morgan fingerprint density at radius 1 is 1.18 bits per heavy atom. The molecule has 0 radical (unpaired) electrons. The van der Waals surface area contributed by atoms with Crippen LogP contribution in [0.25, 0.3) is 0 Å². The molecule has 0 saturated heterocycles. The highest BCUT2D eigenvalue weighted by molar-refractivity contribution is 5.54. The molecule has 88 valence electrons. The van der Waals surface area contributed by atoms with Gasteiger partial charge in [0, 0.05) is 17.9 Å². The fourth-order valence-corrected chi connectivity index (χ4v) is 2.01. The molecular weight excluding hydrogens is 210 g/mol. The quantitative estimate of drug-likeness (QED) is 0.868. The molecule has 3 heteroatoms. The van der Waals surface area contributed by atoms with Crippen molar-refractivity contribution in [2.24, 2.45) is 0 Å². The van der Waals surface area contributed by atoms with Crippen molar-refractivity contribution in [3.05, 3.63) is 41.7 Å². The van der Waals surface area contributed by atoms with Gasteiger partial charge in [0.2, 0.25) is 5.95 Å². The second-order valence-corrected chi connectivity index (χ2v) is 4.84. The summed E-state index contributed by atoms with van der Waals surface area (Å²) < 4.78 is 2.26. The van der Waals surface area contributed by atoms with Crippen molar-refractivity contribution in [1.82, 2.24) is 9.55 Å². The zero-order valence-corrected chi connectivity index (χ0v) is 10.3. The molecule has 1 aliphatic carbocycles. The Kier molecular flexibility index (Phi) is 2.39. The number of nitrogens with zero attached hydrogens (tertiary/aromatic N) is 2.